The van der Waals surface area contributed by atoms with Crippen LogP contribution in [0, 0.1) is 29.4 Å². The van der Waals surface area contributed by atoms with E-state index in [1.165, 1.54) is 63.5 Å². The zero-order chi connectivity index (χ0) is 17.6. The Morgan fingerprint density at radius 2 is 1.80 bits per heavy atom. The summed E-state index contributed by atoms with van der Waals surface area (Å²) >= 11 is 0. The molecule has 1 saturated carbocycles. The Kier molecular flexibility index (Phi) is 6.45. The van der Waals surface area contributed by atoms with Gasteiger partial charge in [0.1, 0.15) is 0 Å². The van der Waals surface area contributed by atoms with Crippen molar-refractivity contribution in [2.75, 3.05) is 0 Å². The van der Waals surface area contributed by atoms with Gasteiger partial charge in [-0.15, -0.1) is 0 Å². The summed E-state index contributed by atoms with van der Waals surface area (Å²) in [5.74, 6) is 0.809. The lowest BCUT2D eigenvalue weighted by Crippen LogP contribution is -2.21. The molecule has 136 valence electrons. The number of allylic oxidation sites excluding steroid dienone is 4. The van der Waals surface area contributed by atoms with Crippen LogP contribution in [0.15, 0.2) is 36.4 Å². The third-order valence-electron chi connectivity index (χ3n) is 6.10. The van der Waals surface area contributed by atoms with Gasteiger partial charge < -0.3 is 0 Å². The minimum atomic E-state index is -0.780. The van der Waals surface area contributed by atoms with Crippen LogP contribution in [0.25, 0.3) is 5.57 Å². The summed E-state index contributed by atoms with van der Waals surface area (Å²) < 4.78 is 26.5. The summed E-state index contributed by atoms with van der Waals surface area (Å²) in [6.07, 6.45) is 18.6. The van der Waals surface area contributed by atoms with Gasteiger partial charge in [0.05, 0.1) is 0 Å². The van der Waals surface area contributed by atoms with E-state index in [2.05, 4.69) is 25.2 Å². The molecule has 0 radical (unpaired) electrons. The molecular weight excluding hydrogens is 314 g/mol. The van der Waals surface area contributed by atoms with Gasteiger partial charge >= 0.3 is 0 Å². The molecule has 2 aliphatic carbocycles. The van der Waals surface area contributed by atoms with E-state index in [0.29, 0.717) is 5.92 Å². The van der Waals surface area contributed by atoms with Gasteiger partial charge in [0, 0.05) is 0 Å². The molecule has 1 aromatic rings. The van der Waals surface area contributed by atoms with Crippen molar-refractivity contribution >= 4 is 5.57 Å². The lowest BCUT2D eigenvalue weighted by atomic mass is 9.72. The monoisotopic (exact) mass is 344 g/mol. The van der Waals surface area contributed by atoms with Crippen molar-refractivity contribution in [2.45, 2.75) is 64.7 Å². The van der Waals surface area contributed by atoms with Gasteiger partial charge in [0.25, 0.3) is 0 Å². The summed E-state index contributed by atoms with van der Waals surface area (Å²) in [4.78, 5) is 0. The predicted molar refractivity (Wildman–Crippen MR) is 101 cm³/mol. The van der Waals surface area contributed by atoms with Gasteiger partial charge in [-0.25, -0.2) is 8.78 Å². The van der Waals surface area contributed by atoms with Gasteiger partial charge in [-0.1, -0.05) is 69.7 Å². The van der Waals surface area contributed by atoms with Crippen LogP contribution in [0.2, 0.25) is 0 Å². The molecular formula is C23H30F2. The maximum Gasteiger partial charge on any atom is 0.159 e. The fraction of sp³-hybridized carbons (Fsp3) is 0.565. The van der Waals surface area contributed by atoms with Crippen molar-refractivity contribution in [1.29, 1.82) is 0 Å². The number of rotatable bonds is 6. The van der Waals surface area contributed by atoms with E-state index in [1.807, 2.05) is 0 Å². The van der Waals surface area contributed by atoms with Gasteiger partial charge in [-0.2, -0.15) is 0 Å². The molecule has 1 fully saturated rings. The van der Waals surface area contributed by atoms with Crippen molar-refractivity contribution in [2.24, 2.45) is 17.8 Å². The average Bonchev–Trinajstić information content (AvgIpc) is 2.65. The highest BCUT2D eigenvalue weighted by atomic mass is 19.2. The zero-order valence-corrected chi connectivity index (χ0v) is 15.3. The topological polar surface area (TPSA) is 0 Å². The van der Waals surface area contributed by atoms with Crippen LogP contribution in [0.4, 0.5) is 8.78 Å². The lowest BCUT2D eigenvalue weighted by molar-refractivity contribution is 0.219. The van der Waals surface area contributed by atoms with Crippen LogP contribution in [0.3, 0.4) is 0 Å². The van der Waals surface area contributed by atoms with Gasteiger partial charge in [-0.05, 0) is 60.3 Å². The molecule has 0 aliphatic heterocycles. The first-order chi connectivity index (χ1) is 12.2. The zero-order valence-electron chi connectivity index (χ0n) is 15.3. The molecule has 0 bridgehead atoms. The molecule has 0 saturated heterocycles. The number of hydrogen-bond donors (Lipinski definition) is 0. The highest BCUT2D eigenvalue weighted by Gasteiger charge is 2.26. The first-order valence-corrected chi connectivity index (χ1v) is 10.0. The Morgan fingerprint density at radius 1 is 1.00 bits per heavy atom. The molecule has 0 aromatic heterocycles. The van der Waals surface area contributed by atoms with E-state index in [1.54, 1.807) is 6.07 Å². The average molecular weight is 344 g/mol. The SMILES string of the molecule is CCCCCC1CCC(C2C=CC(c3ccc(F)c(F)c3)=CC2)CC1. The maximum atomic E-state index is 13.4. The third kappa shape index (κ3) is 4.80. The number of hydrogen-bond acceptors (Lipinski definition) is 0. The second kappa shape index (κ2) is 8.78. The third-order valence-corrected chi connectivity index (χ3v) is 6.10. The molecule has 0 nitrogen and oxygen atoms in total. The number of unbranched alkanes of at least 4 members (excludes halogenated alkanes) is 2. The minimum Gasteiger partial charge on any atom is -0.204 e. The number of benzene rings is 1. The van der Waals surface area contributed by atoms with E-state index >= 15 is 0 Å². The van der Waals surface area contributed by atoms with Gasteiger partial charge in [0.2, 0.25) is 0 Å². The quantitative estimate of drug-likeness (QED) is 0.475. The van der Waals surface area contributed by atoms with Crippen molar-refractivity contribution in [3.63, 3.8) is 0 Å². The van der Waals surface area contributed by atoms with Crippen LogP contribution < -0.4 is 0 Å². The van der Waals surface area contributed by atoms with Crippen LogP contribution in [-0.2, 0) is 0 Å². The molecule has 2 heteroatoms. The first-order valence-electron chi connectivity index (χ1n) is 10.0. The minimum absolute atomic E-state index is 0.616. The van der Waals surface area contributed by atoms with Gasteiger partial charge in [0.15, 0.2) is 11.6 Å². The van der Waals surface area contributed by atoms with Crippen LogP contribution in [0.1, 0.15) is 70.3 Å². The molecule has 1 unspecified atom stereocenters. The summed E-state index contributed by atoms with van der Waals surface area (Å²) in [7, 11) is 0. The standard InChI is InChI=1S/C23H30F2/c1-2-3-4-5-17-6-8-18(9-7-17)19-10-12-20(13-11-19)21-14-15-22(24)23(25)16-21/h10,12-19H,2-9,11H2,1H3. The molecule has 0 amide bonds. The van der Waals surface area contributed by atoms with E-state index in [9.17, 15) is 8.78 Å². The van der Waals surface area contributed by atoms with Crippen LogP contribution in [0.5, 0.6) is 0 Å². The molecule has 25 heavy (non-hydrogen) atoms. The molecule has 1 aromatic carbocycles. The predicted octanol–water partition coefficient (Wildman–Crippen LogP) is 7.31. The van der Waals surface area contributed by atoms with Crippen molar-refractivity contribution in [3.8, 4) is 0 Å². The lowest BCUT2D eigenvalue weighted by Gasteiger charge is -2.33. The fourth-order valence-electron chi connectivity index (χ4n) is 4.46. The Morgan fingerprint density at radius 3 is 2.44 bits per heavy atom. The van der Waals surface area contributed by atoms with E-state index in [-0.39, 0.29) is 0 Å². The smallest absolute Gasteiger partial charge is 0.159 e. The molecule has 0 heterocycles. The van der Waals surface area contributed by atoms with E-state index in [4.69, 9.17) is 0 Å². The second-order valence-corrected chi connectivity index (χ2v) is 7.82. The van der Waals surface area contributed by atoms with E-state index < -0.39 is 11.6 Å². The van der Waals surface area contributed by atoms with Crippen molar-refractivity contribution < 1.29 is 8.78 Å². The Bertz CT molecular complexity index is 621. The fourth-order valence-corrected chi connectivity index (χ4v) is 4.46. The second-order valence-electron chi connectivity index (χ2n) is 7.82. The largest absolute Gasteiger partial charge is 0.204 e. The summed E-state index contributed by atoms with van der Waals surface area (Å²) in [5.41, 5.74) is 1.79. The van der Waals surface area contributed by atoms with E-state index in [0.717, 1.165) is 29.4 Å². The first kappa shape index (κ1) is 18.4. The summed E-state index contributed by atoms with van der Waals surface area (Å²) in [5, 5.41) is 0. The summed E-state index contributed by atoms with van der Waals surface area (Å²) in [6, 6.07) is 4.18. The van der Waals surface area contributed by atoms with Crippen molar-refractivity contribution in [3.05, 3.63) is 53.6 Å². The van der Waals surface area contributed by atoms with Gasteiger partial charge in [-0.3, -0.25) is 0 Å². The Labute approximate surface area is 151 Å². The highest BCUT2D eigenvalue weighted by molar-refractivity contribution is 5.74. The molecule has 1 atom stereocenters. The maximum absolute atomic E-state index is 13.4. The Hall–Kier alpha value is -1.44. The van der Waals surface area contributed by atoms with Crippen molar-refractivity contribution in [1.82, 2.24) is 0 Å². The number of halogens is 2. The normalized spacial score (nSPS) is 26.5. The Balaban J connectivity index is 1.50. The molecule has 2 aliphatic rings. The highest BCUT2D eigenvalue weighted by Crippen LogP contribution is 2.39. The summed E-state index contributed by atoms with van der Waals surface area (Å²) in [6.45, 7) is 2.27. The molecule has 0 spiro atoms. The molecule has 3 rings (SSSR count). The van der Waals surface area contributed by atoms with Crippen LogP contribution in [-0.4, -0.2) is 0 Å². The molecule has 0 N–H and O–H groups in total. The van der Waals surface area contributed by atoms with Crippen LogP contribution >= 0.6 is 0 Å².